The molecule has 0 aliphatic carbocycles. The smallest absolute Gasteiger partial charge is 0.370 e. The number of nitrogens with one attached hydrogen (secondary N) is 1. The van der Waals surface area contributed by atoms with E-state index >= 15 is 0 Å². The van der Waals surface area contributed by atoms with Crippen LogP contribution in [0.25, 0.3) is 0 Å². The van der Waals surface area contributed by atoms with E-state index in [9.17, 15) is 18.8 Å². The summed E-state index contributed by atoms with van der Waals surface area (Å²) in [4.78, 5) is 39.3. The summed E-state index contributed by atoms with van der Waals surface area (Å²) in [6.07, 6.45) is 2.07. The third-order valence-corrected chi connectivity index (χ3v) is 5.41. The quantitative estimate of drug-likeness (QED) is 0.585. The summed E-state index contributed by atoms with van der Waals surface area (Å²) in [6.45, 7) is 1.68. The number of nitrogens with zero attached hydrogens (tertiary/aromatic N) is 3. The van der Waals surface area contributed by atoms with Gasteiger partial charge in [0, 0.05) is 30.8 Å². The highest BCUT2D eigenvalue weighted by atomic mass is 19.1. The van der Waals surface area contributed by atoms with Crippen molar-refractivity contribution in [3.05, 3.63) is 58.5 Å². The van der Waals surface area contributed by atoms with Gasteiger partial charge in [0.25, 0.3) is 16.6 Å². The number of benzene rings is 2. The zero-order valence-electron chi connectivity index (χ0n) is 16.2. The molecule has 0 atom stereocenters. The van der Waals surface area contributed by atoms with Crippen LogP contribution < -0.4 is 30.1 Å². The Labute approximate surface area is 166 Å². The number of rotatable bonds is 3. The summed E-state index contributed by atoms with van der Waals surface area (Å²) in [6, 6.07) is 8.85. The number of carbonyl (C=O) groups is 3. The van der Waals surface area contributed by atoms with Crippen molar-refractivity contribution >= 4 is 29.1 Å². The summed E-state index contributed by atoms with van der Waals surface area (Å²) in [5.74, 6) is -2.03. The monoisotopic (exact) mass is 396 g/mol. The van der Waals surface area contributed by atoms with E-state index in [1.165, 1.54) is 40.5 Å². The molecule has 4 rings (SSSR count). The van der Waals surface area contributed by atoms with Crippen LogP contribution in [0.4, 0.5) is 15.8 Å². The average molecular weight is 396 g/mol. The fraction of sp³-hybridized carbons (Fsp3) is 0.286. The zero-order chi connectivity index (χ0) is 20.7. The van der Waals surface area contributed by atoms with Gasteiger partial charge in [0.05, 0.1) is 11.4 Å². The van der Waals surface area contributed by atoms with Gasteiger partial charge in [-0.05, 0) is 37.1 Å². The molecule has 2 heterocycles. The number of fused-ring (bicyclic) bond motifs is 1. The van der Waals surface area contributed by atoms with E-state index in [4.69, 9.17) is 0 Å². The van der Waals surface area contributed by atoms with Crippen LogP contribution in [0.5, 0.6) is 0 Å². The van der Waals surface area contributed by atoms with E-state index < -0.39 is 17.6 Å². The first-order chi connectivity index (χ1) is 13.9. The molecule has 0 unspecified atom stereocenters. The molecule has 1 N–H and O–H groups in total. The summed E-state index contributed by atoms with van der Waals surface area (Å²) < 4.78 is 15.8. The number of hydrogen-bond donors (Lipinski definition) is 1. The van der Waals surface area contributed by atoms with E-state index in [0.29, 0.717) is 22.0 Å². The lowest BCUT2D eigenvalue weighted by Crippen LogP contribution is -2.58. The Morgan fingerprint density at radius 3 is 2.10 bits per heavy atom. The molecule has 2 aromatic carbocycles. The maximum Gasteiger partial charge on any atom is 0.528 e. The Hall–Kier alpha value is -3.42. The number of halogens is 1. The van der Waals surface area contributed by atoms with Crippen molar-refractivity contribution in [2.45, 2.75) is 12.8 Å². The molecular formula is C21H21FN4O3+2. The van der Waals surface area contributed by atoms with E-state index in [0.717, 1.165) is 31.6 Å². The van der Waals surface area contributed by atoms with Crippen LogP contribution in [0.3, 0.4) is 0 Å². The van der Waals surface area contributed by atoms with Crippen LogP contribution in [0.1, 0.15) is 23.2 Å². The van der Waals surface area contributed by atoms with Gasteiger partial charge < -0.3 is 10.2 Å². The second-order valence-electron chi connectivity index (χ2n) is 7.24. The van der Waals surface area contributed by atoms with Gasteiger partial charge in [0.2, 0.25) is 0 Å². The lowest BCUT2D eigenvalue weighted by Gasteiger charge is -2.21. The largest absolute Gasteiger partial charge is 0.528 e. The van der Waals surface area contributed by atoms with Gasteiger partial charge in [-0.25, -0.2) is 14.0 Å². The van der Waals surface area contributed by atoms with Gasteiger partial charge in [0.1, 0.15) is 19.9 Å². The molecule has 0 saturated carbocycles. The molecule has 2 aliphatic heterocycles. The molecule has 29 heavy (non-hydrogen) atoms. The van der Waals surface area contributed by atoms with Crippen LogP contribution in [0.2, 0.25) is 0 Å². The Bertz CT molecular complexity index is 1170. The van der Waals surface area contributed by atoms with Gasteiger partial charge >= 0.3 is 11.8 Å². The minimum atomic E-state index is -0.635. The second kappa shape index (κ2) is 7.20. The van der Waals surface area contributed by atoms with Crippen molar-refractivity contribution in [2.75, 3.05) is 37.4 Å². The van der Waals surface area contributed by atoms with E-state index in [2.05, 4.69) is 10.2 Å². The summed E-state index contributed by atoms with van der Waals surface area (Å²) in [7, 11) is 3.10. The van der Waals surface area contributed by atoms with E-state index in [1.807, 2.05) is 6.07 Å². The molecule has 2 aromatic rings. The third kappa shape index (κ3) is 3.30. The molecular weight excluding hydrogens is 375 g/mol. The fourth-order valence-electron chi connectivity index (χ4n) is 3.72. The Balaban J connectivity index is 1.87. The third-order valence-electron chi connectivity index (χ3n) is 5.41. The lowest BCUT2D eigenvalue weighted by molar-refractivity contribution is -0.141. The van der Waals surface area contributed by atoms with Crippen molar-refractivity contribution in [3.63, 3.8) is 0 Å². The van der Waals surface area contributed by atoms with Crippen LogP contribution >= 0.6 is 0 Å². The molecule has 3 amide bonds. The van der Waals surface area contributed by atoms with Gasteiger partial charge in [0.15, 0.2) is 0 Å². The Morgan fingerprint density at radius 2 is 1.52 bits per heavy atom. The Morgan fingerprint density at radius 1 is 0.966 bits per heavy atom. The average Bonchev–Trinajstić information content (AvgIpc) is 3.25. The van der Waals surface area contributed by atoms with Crippen molar-refractivity contribution in [1.29, 1.82) is 0 Å². The van der Waals surface area contributed by atoms with Gasteiger partial charge in [-0.1, -0.05) is 0 Å². The molecule has 0 aromatic heterocycles. The fourth-order valence-corrected chi connectivity index (χ4v) is 3.72. The van der Waals surface area contributed by atoms with Gasteiger partial charge in [-0.2, -0.15) is 0 Å². The molecule has 1 fully saturated rings. The number of likely N-dealkylation sites (N-methyl/N-ethyl adjacent to an activating group) is 2. The highest BCUT2D eigenvalue weighted by Crippen LogP contribution is 2.27. The highest BCUT2D eigenvalue weighted by Gasteiger charge is 2.39. The molecule has 0 spiro atoms. The van der Waals surface area contributed by atoms with Crippen LogP contribution in [-0.2, 0) is 9.59 Å². The molecule has 7 nitrogen and oxygen atoms in total. The number of amides is 3. The molecule has 0 bridgehead atoms. The van der Waals surface area contributed by atoms with E-state index in [1.54, 1.807) is 13.1 Å². The first-order valence-electron chi connectivity index (χ1n) is 9.42. The first-order valence-corrected chi connectivity index (χ1v) is 9.42. The SMILES string of the molecule is C[N+]1=c2cc(NC(=O)c3ccc(F)cc3)c(N3CCCC3)cc2=[N+](C)C(=O)C1=O. The number of carbonyl (C=O) groups excluding carboxylic acids is 3. The summed E-state index contributed by atoms with van der Waals surface area (Å²) >= 11 is 0. The number of hydrogen-bond acceptors (Lipinski definition) is 4. The normalized spacial score (nSPS) is 16.3. The Kier molecular flexibility index (Phi) is 4.70. The second-order valence-corrected chi connectivity index (χ2v) is 7.24. The summed E-state index contributed by atoms with van der Waals surface area (Å²) in [5.41, 5.74) is 1.66. The van der Waals surface area contributed by atoms with Crippen LogP contribution in [0.15, 0.2) is 36.4 Å². The minimum Gasteiger partial charge on any atom is -0.370 e. The predicted molar refractivity (Wildman–Crippen MR) is 106 cm³/mol. The molecule has 148 valence electrons. The maximum atomic E-state index is 13.2. The minimum absolute atomic E-state index is 0.327. The molecule has 8 heteroatoms. The summed E-state index contributed by atoms with van der Waals surface area (Å²) in [5, 5.41) is 4.04. The topological polar surface area (TPSA) is 72.5 Å². The van der Waals surface area contributed by atoms with E-state index in [-0.39, 0.29) is 5.91 Å². The van der Waals surface area contributed by atoms with Crippen molar-refractivity contribution in [2.24, 2.45) is 0 Å². The van der Waals surface area contributed by atoms with Crippen molar-refractivity contribution in [1.82, 2.24) is 9.15 Å². The van der Waals surface area contributed by atoms with Crippen LogP contribution in [-0.4, -0.2) is 44.9 Å². The van der Waals surface area contributed by atoms with Crippen LogP contribution in [0, 0.1) is 5.82 Å². The highest BCUT2D eigenvalue weighted by molar-refractivity contribution is 6.36. The molecule has 2 aliphatic rings. The predicted octanol–water partition coefficient (Wildman–Crippen LogP) is -0.0132. The zero-order valence-corrected chi connectivity index (χ0v) is 16.2. The first kappa shape index (κ1) is 18.9. The van der Waals surface area contributed by atoms with Crippen molar-refractivity contribution < 1.29 is 18.8 Å². The molecule has 1 saturated heterocycles. The lowest BCUT2D eigenvalue weighted by atomic mass is 10.1. The standard InChI is InChI=1S/C21H20FN4O3/c1-24-17-11-15(23-19(27)13-5-7-14(22)8-6-13)16(26-9-3-4-10-26)12-18(17)25(2)21(29)20(24)28/h5-8,11-12H,3-4,9-10H2,1-2H3/q+1/p+1. The molecule has 0 radical (unpaired) electrons. The van der Waals surface area contributed by atoms with Gasteiger partial charge in [-0.15, -0.1) is 9.15 Å². The van der Waals surface area contributed by atoms with Gasteiger partial charge in [-0.3, -0.25) is 4.79 Å². The van der Waals surface area contributed by atoms with Crippen molar-refractivity contribution in [3.8, 4) is 0 Å². The number of anilines is 2. The maximum absolute atomic E-state index is 13.2.